The molecule has 0 aliphatic carbocycles. The van der Waals surface area contributed by atoms with Crippen molar-refractivity contribution in [3.63, 3.8) is 0 Å². The number of aromatic nitrogens is 1. The number of halogens is 1. The Hall–Kier alpha value is -4.07. The van der Waals surface area contributed by atoms with Crippen molar-refractivity contribution in [3.8, 4) is 16.8 Å². The molecule has 0 N–H and O–H groups in total. The summed E-state index contributed by atoms with van der Waals surface area (Å²) in [5, 5.41) is 8.21. The lowest BCUT2D eigenvalue weighted by molar-refractivity contribution is 1.18. The molecule has 1 nitrogen and oxygen atoms in total. The van der Waals surface area contributed by atoms with Gasteiger partial charge in [-0.1, -0.05) is 96.5 Å². The molecule has 34 heavy (non-hydrogen) atoms. The van der Waals surface area contributed by atoms with Crippen LogP contribution in [-0.4, -0.2) is 4.57 Å². The van der Waals surface area contributed by atoms with Crippen LogP contribution < -0.4 is 0 Å². The third kappa shape index (κ3) is 2.88. The lowest BCUT2D eigenvalue weighted by Crippen LogP contribution is -1.95. The molecule has 0 saturated carbocycles. The molecule has 1 heterocycles. The summed E-state index contributed by atoms with van der Waals surface area (Å²) in [6.07, 6.45) is 0. The number of fused-ring (bicyclic) bond motifs is 6. The fourth-order valence-electron chi connectivity index (χ4n) is 5.35. The van der Waals surface area contributed by atoms with Crippen LogP contribution in [0.2, 0.25) is 5.02 Å². The van der Waals surface area contributed by atoms with Gasteiger partial charge in [0.15, 0.2) is 0 Å². The van der Waals surface area contributed by atoms with Gasteiger partial charge in [0.1, 0.15) is 0 Å². The summed E-state index contributed by atoms with van der Waals surface area (Å²) in [6, 6.07) is 43.1. The minimum Gasteiger partial charge on any atom is -0.309 e. The van der Waals surface area contributed by atoms with Crippen molar-refractivity contribution in [2.24, 2.45) is 0 Å². The van der Waals surface area contributed by atoms with Crippen molar-refractivity contribution in [1.82, 2.24) is 4.57 Å². The first-order valence-electron chi connectivity index (χ1n) is 11.5. The van der Waals surface area contributed by atoms with E-state index in [0.29, 0.717) is 0 Å². The summed E-state index contributed by atoms with van der Waals surface area (Å²) in [4.78, 5) is 0. The smallest absolute Gasteiger partial charge is 0.0541 e. The molecule has 0 spiro atoms. The largest absolute Gasteiger partial charge is 0.309 e. The maximum atomic E-state index is 6.78. The summed E-state index contributed by atoms with van der Waals surface area (Å²) in [6.45, 7) is 0. The van der Waals surface area contributed by atoms with Gasteiger partial charge in [-0.3, -0.25) is 0 Å². The lowest BCUT2D eigenvalue weighted by Gasteiger charge is -2.14. The van der Waals surface area contributed by atoms with Crippen LogP contribution in [0, 0.1) is 0 Å². The molecule has 7 rings (SSSR count). The number of hydrogen-bond donors (Lipinski definition) is 0. The second-order valence-electron chi connectivity index (χ2n) is 8.76. The zero-order valence-corrected chi connectivity index (χ0v) is 19.1. The molecule has 0 fully saturated rings. The summed E-state index contributed by atoms with van der Waals surface area (Å²) < 4.78 is 2.32. The monoisotopic (exact) mass is 453 g/mol. The molecule has 0 aliphatic rings. The molecule has 6 aromatic carbocycles. The highest BCUT2D eigenvalue weighted by molar-refractivity contribution is 6.31. The number of para-hydroxylation sites is 2. The highest BCUT2D eigenvalue weighted by Crippen LogP contribution is 2.38. The molecule has 0 bridgehead atoms. The Morgan fingerprint density at radius 1 is 0.471 bits per heavy atom. The van der Waals surface area contributed by atoms with Crippen molar-refractivity contribution < 1.29 is 0 Å². The molecule has 0 radical (unpaired) electrons. The molecule has 0 unspecified atom stereocenters. The van der Waals surface area contributed by atoms with Crippen LogP contribution in [0.25, 0.3) is 60.2 Å². The zero-order valence-electron chi connectivity index (χ0n) is 18.4. The molecule has 7 aromatic rings. The Kier molecular flexibility index (Phi) is 4.27. The number of nitrogens with zero attached hydrogens (tertiary/aromatic N) is 1. The van der Waals surface area contributed by atoms with Crippen LogP contribution >= 0.6 is 11.6 Å². The first-order chi connectivity index (χ1) is 16.8. The molecular formula is C32H20ClN. The van der Waals surface area contributed by atoms with E-state index in [2.05, 4.69) is 126 Å². The van der Waals surface area contributed by atoms with E-state index in [1.807, 2.05) is 0 Å². The minimum atomic E-state index is 0.728. The van der Waals surface area contributed by atoms with Crippen molar-refractivity contribution >= 4 is 55.0 Å². The van der Waals surface area contributed by atoms with Gasteiger partial charge in [0, 0.05) is 21.5 Å². The second kappa shape index (κ2) is 7.48. The van der Waals surface area contributed by atoms with E-state index in [1.54, 1.807) is 0 Å². The molecule has 2 heteroatoms. The summed E-state index contributed by atoms with van der Waals surface area (Å²) >= 11 is 6.78. The van der Waals surface area contributed by atoms with Gasteiger partial charge in [-0.05, 0) is 69.1 Å². The van der Waals surface area contributed by atoms with Gasteiger partial charge in [-0.15, -0.1) is 0 Å². The Morgan fingerprint density at radius 2 is 1.03 bits per heavy atom. The van der Waals surface area contributed by atoms with Crippen LogP contribution in [0.5, 0.6) is 0 Å². The van der Waals surface area contributed by atoms with Gasteiger partial charge in [0.05, 0.1) is 11.0 Å². The van der Waals surface area contributed by atoms with Crippen LogP contribution in [0.3, 0.4) is 0 Å². The van der Waals surface area contributed by atoms with Gasteiger partial charge in [-0.25, -0.2) is 0 Å². The Balaban J connectivity index is 1.56. The van der Waals surface area contributed by atoms with Crippen molar-refractivity contribution in [3.05, 3.63) is 126 Å². The van der Waals surface area contributed by atoms with Crippen LogP contribution in [0.1, 0.15) is 0 Å². The van der Waals surface area contributed by atoms with E-state index in [4.69, 9.17) is 11.6 Å². The molecule has 0 saturated heterocycles. The second-order valence-corrected chi connectivity index (χ2v) is 9.20. The number of rotatable bonds is 2. The van der Waals surface area contributed by atoms with Gasteiger partial charge in [0.25, 0.3) is 0 Å². The fraction of sp³-hybridized carbons (Fsp3) is 0. The van der Waals surface area contributed by atoms with Gasteiger partial charge < -0.3 is 4.57 Å². The average molecular weight is 454 g/mol. The van der Waals surface area contributed by atoms with E-state index in [0.717, 1.165) is 16.3 Å². The third-order valence-electron chi connectivity index (χ3n) is 6.80. The van der Waals surface area contributed by atoms with E-state index in [9.17, 15) is 0 Å². The quantitative estimate of drug-likeness (QED) is 0.230. The van der Waals surface area contributed by atoms with E-state index in [1.165, 1.54) is 48.9 Å². The van der Waals surface area contributed by atoms with E-state index in [-0.39, 0.29) is 0 Å². The standard InChI is InChI=1S/C32H20ClN/c33-23-17-22(30-19-21-9-1-2-10-25(21)26-11-3-4-12-27(26)30)18-24(20-23)34-31-15-7-5-13-28(31)29-14-6-8-16-32(29)34/h1-20H. The van der Waals surface area contributed by atoms with Crippen LogP contribution in [0.4, 0.5) is 0 Å². The predicted molar refractivity (Wildman–Crippen MR) is 146 cm³/mol. The normalized spacial score (nSPS) is 11.7. The molecular weight excluding hydrogens is 434 g/mol. The summed E-state index contributed by atoms with van der Waals surface area (Å²) in [5.41, 5.74) is 5.74. The number of hydrogen-bond acceptors (Lipinski definition) is 0. The zero-order chi connectivity index (χ0) is 22.6. The lowest BCUT2D eigenvalue weighted by atomic mass is 9.93. The average Bonchev–Trinajstić information content (AvgIpc) is 3.22. The topological polar surface area (TPSA) is 4.93 Å². The van der Waals surface area contributed by atoms with Crippen molar-refractivity contribution in [2.75, 3.05) is 0 Å². The molecule has 0 aliphatic heterocycles. The number of benzene rings is 6. The van der Waals surface area contributed by atoms with E-state index < -0.39 is 0 Å². The molecule has 0 amide bonds. The molecule has 0 atom stereocenters. The molecule has 1 aromatic heterocycles. The maximum absolute atomic E-state index is 6.78. The van der Waals surface area contributed by atoms with Gasteiger partial charge in [-0.2, -0.15) is 0 Å². The third-order valence-corrected chi connectivity index (χ3v) is 7.02. The Bertz CT molecular complexity index is 1820. The highest BCUT2D eigenvalue weighted by Gasteiger charge is 2.14. The Morgan fingerprint density at radius 3 is 1.74 bits per heavy atom. The highest BCUT2D eigenvalue weighted by atomic mass is 35.5. The van der Waals surface area contributed by atoms with Crippen LogP contribution in [0.15, 0.2) is 121 Å². The summed E-state index contributed by atoms with van der Waals surface area (Å²) in [5.74, 6) is 0. The Labute approximate surface area is 202 Å². The van der Waals surface area contributed by atoms with E-state index >= 15 is 0 Å². The first-order valence-corrected chi connectivity index (χ1v) is 11.9. The van der Waals surface area contributed by atoms with Gasteiger partial charge in [0.2, 0.25) is 0 Å². The predicted octanol–water partition coefficient (Wildman–Crippen LogP) is 9.41. The van der Waals surface area contributed by atoms with Gasteiger partial charge >= 0.3 is 0 Å². The maximum Gasteiger partial charge on any atom is 0.0541 e. The SMILES string of the molecule is Clc1cc(-c2cc3ccccc3c3ccccc23)cc(-n2c3ccccc3c3ccccc32)c1. The first kappa shape index (κ1) is 19.4. The molecule has 160 valence electrons. The minimum absolute atomic E-state index is 0.728. The van der Waals surface area contributed by atoms with Crippen molar-refractivity contribution in [2.45, 2.75) is 0 Å². The van der Waals surface area contributed by atoms with Crippen LogP contribution in [-0.2, 0) is 0 Å². The summed E-state index contributed by atoms with van der Waals surface area (Å²) in [7, 11) is 0. The van der Waals surface area contributed by atoms with Crippen molar-refractivity contribution in [1.29, 1.82) is 0 Å². The fourth-order valence-corrected chi connectivity index (χ4v) is 5.58.